The fourth-order valence-corrected chi connectivity index (χ4v) is 3.07. The Labute approximate surface area is 152 Å². The third kappa shape index (κ3) is 4.01. The van der Waals surface area contributed by atoms with E-state index in [4.69, 9.17) is 23.2 Å². The van der Waals surface area contributed by atoms with Gasteiger partial charge in [0, 0.05) is 42.6 Å². The normalized spacial score (nSPS) is 15.4. The summed E-state index contributed by atoms with van der Waals surface area (Å²) in [7, 11) is 2.14. The predicted molar refractivity (Wildman–Crippen MR) is 101 cm³/mol. The van der Waals surface area contributed by atoms with Crippen LogP contribution in [0.1, 0.15) is 10.4 Å². The predicted octanol–water partition coefficient (Wildman–Crippen LogP) is 4.00. The van der Waals surface area contributed by atoms with E-state index in [1.165, 1.54) is 5.69 Å². The van der Waals surface area contributed by atoms with Crippen LogP contribution in [0.25, 0.3) is 0 Å². The number of benzene rings is 2. The van der Waals surface area contributed by atoms with E-state index in [0.717, 1.165) is 31.9 Å². The van der Waals surface area contributed by atoms with Crippen molar-refractivity contribution in [3.8, 4) is 0 Å². The number of hydrogen-bond donors (Lipinski definition) is 1. The van der Waals surface area contributed by atoms with Crippen LogP contribution >= 0.6 is 23.2 Å². The van der Waals surface area contributed by atoms with Crippen LogP contribution in [0.2, 0.25) is 10.0 Å². The van der Waals surface area contributed by atoms with Crippen molar-refractivity contribution in [2.24, 2.45) is 0 Å². The zero-order valence-corrected chi connectivity index (χ0v) is 14.9. The van der Waals surface area contributed by atoms with Gasteiger partial charge >= 0.3 is 0 Å². The van der Waals surface area contributed by atoms with Gasteiger partial charge in [-0.05, 0) is 49.5 Å². The van der Waals surface area contributed by atoms with Gasteiger partial charge in [-0.3, -0.25) is 4.79 Å². The number of nitrogens with one attached hydrogen (secondary N) is 1. The van der Waals surface area contributed by atoms with E-state index in [0.29, 0.717) is 15.6 Å². The highest BCUT2D eigenvalue weighted by Gasteiger charge is 2.15. The maximum Gasteiger partial charge on any atom is 0.257 e. The van der Waals surface area contributed by atoms with Crippen molar-refractivity contribution in [2.45, 2.75) is 0 Å². The van der Waals surface area contributed by atoms with E-state index in [1.807, 2.05) is 24.3 Å². The molecule has 0 aliphatic carbocycles. The number of carbonyl (C=O) groups excluding carboxylic acids is 1. The molecule has 3 rings (SSSR count). The van der Waals surface area contributed by atoms with E-state index < -0.39 is 0 Å². The lowest BCUT2D eigenvalue weighted by Crippen LogP contribution is -2.44. The molecule has 6 heteroatoms. The second-order valence-corrected chi connectivity index (χ2v) is 6.76. The lowest BCUT2D eigenvalue weighted by atomic mass is 10.2. The van der Waals surface area contributed by atoms with Crippen LogP contribution in [-0.2, 0) is 0 Å². The first kappa shape index (κ1) is 17.1. The first-order chi connectivity index (χ1) is 11.5. The quantitative estimate of drug-likeness (QED) is 0.894. The first-order valence-corrected chi connectivity index (χ1v) is 8.58. The van der Waals surface area contributed by atoms with Crippen LogP contribution in [0.3, 0.4) is 0 Å². The monoisotopic (exact) mass is 363 g/mol. The molecule has 0 atom stereocenters. The SMILES string of the molecule is CN1CCN(c2ccc(NC(=O)c3cc(Cl)ccc3Cl)cc2)CC1. The van der Waals surface area contributed by atoms with Gasteiger partial charge in [0.1, 0.15) is 0 Å². The molecule has 24 heavy (non-hydrogen) atoms. The molecule has 0 aromatic heterocycles. The number of hydrogen-bond acceptors (Lipinski definition) is 3. The molecule has 1 aliphatic rings. The number of nitrogens with zero attached hydrogens (tertiary/aromatic N) is 2. The van der Waals surface area contributed by atoms with Gasteiger partial charge in [0.2, 0.25) is 0 Å². The lowest BCUT2D eigenvalue weighted by molar-refractivity contribution is 0.102. The summed E-state index contributed by atoms with van der Waals surface area (Å²) in [5, 5.41) is 3.72. The van der Waals surface area contributed by atoms with Crippen molar-refractivity contribution in [3.63, 3.8) is 0 Å². The van der Waals surface area contributed by atoms with Crippen LogP contribution < -0.4 is 10.2 Å². The average Bonchev–Trinajstić information content (AvgIpc) is 2.58. The minimum absolute atomic E-state index is 0.269. The van der Waals surface area contributed by atoms with Crippen LogP contribution in [0.5, 0.6) is 0 Å². The Hall–Kier alpha value is -1.75. The van der Waals surface area contributed by atoms with Gasteiger partial charge in [0.15, 0.2) is 0 Å². The maximum atomic E-state index is 12.3. The van der Waals surface area contributed by atoms with Crippen molar-refractivity contribution < 1.29 is 4.79 Å². The number of carbonyl (C=O) groups is 1. The molecule has 1 aliphatic heterocycles. The Morgan fingerprint density at radius 2 is 1.67 bits per heavy atom. The van der Waals surface area contributed by atoms with Crippen molar-refractivity contribution in [3.05, 3.63) is 58.1 Å². The van der Waals surface area contributed by atoms with E-state index >= 15 is 0 Å². The molecule has 1 saturated heterocycles. The van der Waals surface area contributed by atoms with Crippen LogP contribution in [0, 0.1) is 0 Å². The Kier molecular flexibility index (Phi) is 5.29. The molecular formula is C18H19Cl2N3O. The Morgan fingerprint density at radius 1 is 1.00 bits per heavy atom. The minimum atomic E-state index is -0.269. The number of piperazine rings is 1. The third-order valence-electron chi connectivity index (χ3n) is 4.17. The number of halogens is 2. The van der Waals surface area contributed by atoms with Gasteiger partial charge in [-0.15, -0.1) is 0 Å². The Bertz CT molecular complexity index is 726. The zero-order valence-electron chi connectivity index (χ0n) is 13.4. The maximum absolute atomic E-state index is 12.3. The molecule has 0 saturated carbocycles. The second-order valence-electron chi connectivity index (χ2n) is 5.92. The van der Waals surface area contributed by atoms with Gasteiger partial charge in [0.05, 0.1) is 10.6 Å². The summed E-state index contributed by atoms with van der Waals surface area (Å²) >= 11 is 12.0. The molecule has 0 spiro atoms. The van der Waals surface area contributed by atoms with Crippen molar-refractivity contribution in [1.29, 1.82) is 0 Å². The summed E-state index contributed by atoms with van der Waals surface area (Å²) in [6.07, 6.45) is 0. The standard InChI is InChI=1S/C18H19Cl2N3O/c1-22-8-10-23(11-9-22)15-5-3-14(4-6-15)21-18(24)16-12-13(19)2-7-17(16)20/h2-7,12H,8-11H2,1H3,(H,21,24). The summed E-state index contributed by atoms with van der Waals surface area (Å²) in [5.74, 6) is -0.269. The highest BCUT2D eigenvalue weighted by Crippen LogP contribution is 2.23. The smallest absolute Gasteiger partial charge is 0.257 e. The molecule has 0 radical (unpaired) electrons. The summed E-state index contributed by atoms with van der Waals surface area (Å²) in [6, 6.07) is 12.7. The molecular weight excluding hydrogens is 345 g/mol. The Morgan fingerprint density at radius 3 is 2.33 bits per heavy atom. The lowest BCUT2D eigenvalue weighted by Gasteiger charge is -2.34. The largest absolute Gasteiger partial charge is 0.369 e. The molecule has 0 bridgehead atoms. The molecule has 1 amide bonds. The molecule has 2 aromatic rings. The number of amides is 1. The number of likely N-dealkylation sites (N-methyl/N-ethyl adjacent to an activating group) is 1. The van der Waals surface area contributed by atoms with Gasteiger partial charge in [-0.1, -0.05) is 23.2 Å². The molecule has 2 aromatic carbocycles. The second kappa shape index (κ2) is 7.43. The fourth-order valence-electron chi connectivity index (χ4n) is 2.69. The highest BCUT2D eigenvalue weighted by atomic mass is 35.5. The average molecular weight is 364 g/mol. The van der Waals surface area contributed by atoms with Crippen LogP contribution in [0.4, 0.5) is 11.4 Å². The minimum Gasteiger partial charge on any atom is -0.369 e. The van der Waals surface area contributed by atoms with Crippen molar-refractivity contribution in [2.75, 3.05) is 43.4 Å². The molecule has 4 nitrogen and oxygen atoms in total. The summed E-state index contributed by atoms with van der Waals surface area (Å²) in [6.45, 7) is 4.15. The Balaban J connectivity index is 1.68. The molecule has 1 N–H and O–H groups in total. The van der Waals surface area contributed by atoms with Crippen LogP contribution in [0.15, 0.2) is 42.5 Å². The summed E-state index contributed by atoms with van der Waals surface area (Å²) in [4.78, 5) is 17.0. The number of rotatable bonds is 3. The molecule has 1 heterocycles. The first-order valence-electron chi connectivity index (χ1n) is 7.83. The van der Waals surface area contributed by atoms with E-state index in [9.17, 15) is 4.79 Å². The molecule has 1 fully saturated rings. The van der Waals surface area contributed by atoms with E-state index in [-0.39, 0.29) is 5.91 Å². The van der Waals surface area contributed by atoms with Gasteiger partial charge < -0.3 is 15.1 Å². The van der Waals surface area contributed by atoms with Crippen molar-refractivity contribution in [1.82, 2.24) is 4.90 Å². The van der Waals surface area contributed by atoms with E-state index in [1.54, 1.807) is 18.2 Å². The summed E-state index contributed by atoms with van der Waals surface area (Å²) in [5.41, 5.74) is 2.27. The highest BCUT2D eigenvalue weighted by molar-refractivity contribution is 6.36. The van der Waals surface area contributed by atoms with Gasteiger partial charge in [-0.25, -0.2) is 0 Å². The van der Waals surface area contributed by atoms with Gasteiger partial charge in [0.25, 0.3) is 5.91 Å². The van der Waals surface area contributed by atoms with E-state index in [2.05, 4.69) is 22.2 Å². The third-order valence-corrected chi connectivity index (χ3v) is 4.73. The van der Waals surface area contributed by atoms with Crippen LogP contribution in [-0.4, -0.2) is 44.0 Å². The van der Waals surface area contributed by atoms with Crippen molar-refractivity contribution >= 4 is 40.5 Å². The fraction of sp³-hybridized carbons (Fsp3) is 0.278. The topological polar surface area (TPSA) is 35.6 Å². The summed E-state index contributed by atoms with van der Waals surface area (Å²) < 4.78 is 0. The molecule has 0 unspecified atom stereocenters. The number of anilines is 2. The zero-order chi connectivity index (χ0) is 17.1. The molecule has 126 valence electrons. The van der Waals surface area contributed by atoms with Gasteiger partial charge in [-0.2, -0.15) is 0 Å².